The van der Waals surface area contributed by atoms with Crippen LogP contribution < -0.4 is 5.32 Å². The Balaban J connectivity index is 1.81. The number of aromatic nitrogens is 1. The van der Waals surface area contributed by atoms with Gasteiger partial charge >= 0.3 is 0 Å². The first-order chi connectivity index (χ1) is 10.2. The molecule has 1 heterocycles. The van der Waals surface area contributed by atoms with Crippen molar-refractivity contribution < 1.29 is 4.39 Å². The van der Waals surface area contributed by atoms with E-state index in [2.05, 4.69) is 23.6 Å². The lowest BCUT2D eigenvalue weighted by molar-refractivity contribution is 0.528. The number of hydrogen-bond donors (Lipinski definition) is 1. The molecule has 0 amide bonds. The monoisotopic (exact) mass is 283 g/mol. The summed E-state index contributed by atoms with van der Waals surface area (Å²) in [6.07, 6.45) is 6.64. The molecule has 1 unspecified atom stereocenters. The minimum absolute atomic E-state index is 0.303. The molecule has 0 spiro atoms. The van der Waals surface area contributed by atoms with E-state index in [9.17, 15) is 4.39 Å². The number of nitrogens with zero attached hydrogens (tertiary/aromatic N) is 2. The third kappa shape index (κ3) is 2.98. The summed E-state index contributed by atoms with van der Waals surface area (Å²) < 4.78 is 15.4. The minimum atomic E-state index is -0.303. The van der Waals surface area contributed by atoms with E-state index in [4.69, 9.17) is 5.26 Å². The van der Waals surface area contributed by atoms with Crippen LogP contribution in [0, 0.1) is 23.1 Å². The van der Waals surface area contributed by atoms with Crippen molar-refractivity contribution in [2.75, 3.05) is 7.05 Å². The van der Waals surface area contributed by atoms with Crippen LogP contribution in [0.5, 0.6) is 0 Å². The number of nitriles is 1. The van der Waals surface area contributed by atoms with Gasteiger partial charge in [0.25, 0.3) is 0 Å². The van der Waals surface area contributed by atoms with Crippen molar-refractivity contribution in [3.8, 4) is 6.07 Å². The second-order valence-corrected chi connectivity index (χ2v) is 5.63. The van der Waals surface area contributed by atoms with E-state index < -0.39 is 0 Å². The summed E-state index contributed by atoms with van der Waals surface area (Å²) in [5.74, 6) is 0.428. The van der Waals surface area contributed by atoms with Crippen molar-refractivity contribution in [3.63, 3.8) is 0 Å². The molecule has 1 atom stereocenters. The lowest BCUT2D eigenvalue weighted by Gasteiger charge is -2.13. The smallest absolute Gasteiger partial charge is 0.123 e. The van der Waals surface area contributed by atoms with Crippen LogP contribution >= 0.6 is 0 Å². The Morgan fingerprint density at radius 1 is 1.43 bits per heavy atom. The van der Waals surface area contributed by atoms with Gasteiger partial charge in [-0.25, -0.2) is 4.39 Å². The summed E-state index contributed by atoms with van der Waals surface area (Å²) in [6.45, 7) is 0.516. The molecule has 2 aromatic rings. The van der Waals surface area contributed by atoms with Gasteiger partial charge in [-0.05, 0) is 61.2 Å². The fourth-order valence-corrected chi connectivity index (χ4v) is 2.84. The Morgan fingerprint density at radius 2 is 2.24 bits per heavy atom. The third-order valence-corrected chi connectivity index (χ3v) is 4.08. The molecule has 108 valence electrons. The zero-order valence-corrected chi connectivity index (χ0v) is 12.0. The predicted octanol–water partition coefficient (Wildman–Crippen LogP) is 3.22. The largest absolute Gasteiger partial charge is 0.350 e. The fourth-order valence-electron chi connectivity index (χ4n) is 2.84. The zero-order valence-electron chi connectivity index (χ0n) is 12.0. The Labute approximate surface area is 124 Å². The summed E-state index contributed by atoms with van der Waals surface area (Å²) in [5, 5.41) is 12.5. The number of rotatable bonds is 5. The van der Waals surface area contributed by atoms with Crippen LogP contribution in [0.2, 0.25) is 0 Å². The van der Waals surface area contributed by atoms with Crippen molar-refractivity contribution in [1.29, 1.82) is 5.26 Å². The summed E-state index contributed by atoms with van der Waals surface area (Å²) in [4.78, 5) is 0. The molecule has 0 aliphatic heterocycles. The summed E-state index contributed by atoms with van der Waals surface area (Å²) >= 11 is 0. The average molecular weight is 283 g/mol. The number of halogens is 1. The van der Waals surface area contributed by atoms with Gasteiger partial charge < -0.3 is 9.88 Å². The van der Waals surface area contributed by atoms with Gasteiger partial charge in [0.1, 0.15) is 5.82 Å². The van der Waals surface area contributed by atoms with Gasteiger partial charge in [0.2, 0.25) is 0 Å². The second kappa shape index (κ2) is 5.71. The molecule has 1 aromatic heterocycles. The first-order valence-electron chi connectivity index (χ1n) is 7.22. The van der Waals surface area contributed by atoms with E-state index in [1.165, 1.54) is 36.6 Å². The van der Waals surface area contributed by atoms with Gasteiger partial charge in [0.05, 0.1) is 11.6 Å². The predicted molar refractivity (Wildman–Crippen MR) is 79.2 cm³/mol. The van der Waals surface area contributed by atoms with Gasteiger partial charge in [-0.1, -0.05) is 0 Å². The van der Waals surface area contributed by atoms with Crippen LogP contribution in [-0.4, -0.2) is 11.6 Å². The highest BCUT2D eigenvalue weighted by Crippen LogP contribution is 2.40. The van der Waals surface area contributed by atoms with E-state index in [0.29, 0.717) is 23.7 Å². The van der Waals surface area contributed by atoms with E-state index in [1.807, 2.05) is 17.8 Å². The Morgan fingerprint density at radius 3 is 2.90 bits per heavy atom. The summed E-state index contributed by atoms with van der Waals surface area (Å²) in [6, 6.07) is 8.92. The highest BCUT2D eigenvalue weighted by atomic mass is 19.1. The highest BCUT2D eigenvalue weighted by Gasteiger charge is 2.31. The highest BCUT2D eigenvalue weighted by molar-refractivity contribution is 5.38. The van der Waals surface area contributed by atoms with Gasteiger partial charge in [-0.15, -0.1) is 0 Å². The van der Waals surface area contributed by atoms with Gasteiger partial charge in [-0.3, -0.25) is 0 Å². The van der Waals surface area contributed by atoms with Crippen molar-refractivity contribution in [2.45, 2.75) is 25.4 Å². The number of nitrogens with one attached hydrogen (secondary N) is 1. The molecule has 0 saturated heterocycles. The molecule has 1 N–H and O–H groups in total. The molecule has 1 aromatic carbocycles. The van der Waals surface area contributed by atoms with Crippen LogP contribution in [0.1, 0.15) is 35.6 Å². The number of hydrogen-bond acceptors (Lipinski definition) is 2. The maximum absolute atomic E-state index is 13.4. The van der Waals surface area contributed by atoms with Crippen LogP contribution in [0.15, 0.2) is 36.7 Å². The zero-order chi connectivity index (χ0) is 14.8. The third-order valence-electron chi connectivity index (χ3n) is 4.08. The summed E-state index contributed by atoms with van der Waals surface area (Å²) in [5.41, 5.74) is 2.50. The van der Waals surface area contributed by atoms with Gasteiger partial charge in [-0.2, -0.15) is 5.26 Å². The van der Waals surface area contributed by atoms with Crippen LogP contribution in [-0.2, 0) is 6.54 Å². The maximum atomic E-state index is 13.4. The Bertz CT molecular complexity index is 680. The minimum Gasteiger partial charge on any atom is -0.350 e. The summed E-state index contributed by atoms with van der Waals surface area (Å²) in [7, 11) is 1.99. The van der Waals surface area contributed by atoms with E-state index >= 15 is 0 Å². The van der Waals surface area contributed by atoms with E-state index in [0.717, 1.165) is 5.92 Å². The molecule has 1 aliphatic rings. The standard InChI is InChI=1S/C17H18FN3/c1-20-17(12-2-3-12)14-6-7-21(10-14)11-15-8-16(18)5-4-13(15)9-19/h4-8,10,12,17,20H,2-3,11H2,1H3. The molecule has 1 saturated carbocycles. The molecule has 21 heavy (non-hydrogen) atoms. The maximum Gasteiger partial charge on any atom is 0.123 e. The fraction of sp³-hybridized carbons (Fsp3) is 0.353. The molecule has 1 fully saturated rings. The molecule has 1 aliphatic carbocycles. The van der Waals surface area contributed by atoms with Crippen molar-refractivity contribution >= 4 is 0 Å². The Hall–Kier alpha value is -2.12. The number of benzene rings is 1. The Kier molecular flexibility index (Phi) is 3.76. The van der Waals surface area contributed by atoms with E-state index in [1.54, 1.807) is 0 Å². The van der Waals surface area contributed by atoms with Gasteiger partial charge in [0.15, 0.2) is 0 Å². The van der Waals surface area contributed by atoms with Crippen molar-refractivity contribution in [2.24, 2.45) is 5.92 Å². The van der Waals surface area contributed by atoms with Crippen LogP contribution in [0.4, 0.5) is 4.39 Å². The van der Waals surface area contributed by atoms with Crippen LogP contribution in [0.3, 0.4) is 0 Å². The topological polar surface area (TPSA) is 40.8 Å². The van der Waals surface area contributed by atoms with Crippen LogP contribution in [0.25, 0.3) is 0 Å². The molecule has 0 bridgehead atoms. The molecular formula is C17H18FN3. The quantitative estimate of drug-likeness (QED) is 0.915. The molecule has 4 heteroatoms. The lowest BCUT2D eigenvalue weighted by atomic mass is 10.1. The average Bonchev–Trinajstić information content (AvgIpc) is 3.20. The molecule has 3 nitrogen and oxygen atoms in total. The van der Waals surface area contributed by atoms with Crippen molar-refractivity contribution in [1.82, 2.24) is 9.88 Å². The van der Waals surface area contributed by atoms with Crippen molar-refractivity contribution in [3.05, 3.63) is 59.2 Å². The molecule has 0 radical (unpaired) electrons. The van der Waals surface area contributed by atoms with E-state index in [-0.39, 0.29) is 5.82 Å². The first-order valence-corrected chi connectivity index (χ1v) is 7.22. The normalized spacial score (nSPS) is 15.7. The second-order valence-electron chi connectivity index (χ2n) is 5.63. The first kappa shape index (κ1) is 13.8. The lowest BCUT2D eigenvalue weighted by Crippen LogP contribution is -2.17. The molecule has 3 rings (SSSR count). The van der Waals surface area contributed by atoms with Gasteiger partial charge in [0, 0.05) is 25.0 Å². The SMILES string of the molecule is CNC(c1ccn(Cc2cc(F)ccc2C#N)c1)C1CC1. The molecular weight excluding hydrogens is 265 g/mol.